The van der Waals surface area contributed by atoms with E-state index in [0.717, 1.165) is 11.3 Å². The predicted molar refractivity (Wildman–Crippen MR) is 72.9 cm³/mol. The second kappa shape index (κ2) is 5.75. The van der Waals surface area contributed by atoms with E-state index in [-0.39, 0.29) is 19.3 Å². The highest BCUT2D eigenvalue weighted by molar-refractivity contribution is 5.45. The van der Waals surface area contributed by atoms with E-state index in [2.05, 4.69) is 15.3 Å². The molecule has 0 amide bonds. The molecule has 6 heteroatoms. The summed E-state index contributed by atoms with van der Waals surface area (Å²) in [5.74, 6) is 1.90. The number of para-hydroxylation sites is 1. The van der Waals surface area contributed by atoms with E-state index in [4.69, 9.17) is 14.6 Å². The zero-order valence-corrected chi connectivity index (χ0v) is 10.8. The molecule has 1 aromatic carbocycles. The van der Waals surface area contributed by atoms with Gasteiger partial charge in [0, 0.05) is 5.56 Å². The van der Waals surface area contributed by atoms with Crippen LogP contribution in [0.4, 0.5) is 5.82 Å². The number of rotatable bonds is 5. The van der Waals surface area contributed by atoms with Gasteiger partial charge in [-0.3, -0.25) is 4.98 Å². The Morgan fingerprint density at radius 1 is 1.35 bits per heavy atom. The topological polar surface area (TPSA) is 76.5 Å². The van der Waals surface area contributed by atoms with Crippen molar-refractivity contribution in [3.63, 3.8) is 0 Å². The maximum Gasteiger partial charge on any atom is 0.234 e. The minimum atomic E-state index is -0.0524. The first kappa shape index (κ1) is 12.7. The normalized spacial score (nSPS) is 16.4. The molecule has 1 aliphatic rings. The second-order valence-corrected chi connectivity index (χ2v) is 4.36. The molecular formula is C14H15N3O3. The average molecular weight is 273 g/mol. The second-order valence-electron chi connectivity index (χ2n) is 4.36. The minimum Gasteiger partial charge on any atom is -0.491 e. The van der Waals surface area contributed by atoms with Crippen LogP contribution in [0.3, 0.4) is 0 Å². The number of aliphatic hydroxyl groups excluding tert-OH is 1. The SMILES string of the molecule is OCCOc1cncc(NC2COc3ccccc32)n1. The van der Waals surface area contributed by atoms with Crippen molar-refractivity contribution in [2.75, 3.05) is 25.1 Å². The number of fused-ring (bicyclic) bond motifs is 1. The lowest BCUT2D eigenvalue weighted by molar-refractivity contribution is 0.196. The van der Waals surface area contributed by atoms with Crippen LogP contribution in [-0.4, -0.2) is 34.9 Å². The number of hydrogen-bond donors (Lipinski definition) is 2. The van der Waals surface area contributed by atoms with Gasteiger partial charge in [-0.25, -0.2) is 0 Å². The van der Waals surface area contributed by atoms with E-state index >= 15 is 0 Å². The molecule has 20 heavy (non-hydrogen) atoms. The molecule has 1 atom stereocenters. The molecule has 3 rings (SSSR count). The molecule has 0 bridgehead atoms. The number of ether oxygens (including phenoxy) is 2. The summed E-state index contributed by atoms with van der Waals surface area (Å²) in [6, 6.07) is 7.95. The van der Waals surface area contributed by atoms with E-state index in [1.165, 1.54) is 6.20 Å². The lowest BCUT2D eigenvalue weighted by atomic mass is 10.1. The molecule has 0 spiro atoms. The van der Waals surface area contributed by atoms with Gasteiger partial charge in [0.15, 0.2) is 0 Å². The Morgan fingerprint density at radius 3 is 3.15 bits per heavy atom. The Kier molecular flexibility index (Phi) is 3.64. The van der Waals surface area contributed by atoms with Gasteiger partial charge >= 0.3 is 0 Å². The maximum atomic E-state index is 8.73. The number of benzene rings is 1. The number of nitrogens with one attached hydrogen (secondary N) is 1. The summed E-state index contributed by atoms with van der Waals surface area (Å²) in [6.45, 7) is 0.708. The van der Waals surface area contributed by atoms with Crippen LogP contribution < -0.4 is 14.8 Å². The number of nitrogens with zero attached hydrogens (tertiary/aromatic N) is 2. The Bertz CT molecular complexity index is 591. The molecule has 0 aliphatic carbocycles. The highest BCUT2D eigenvalue weighted by Gasteiger charge is 2.23. The third-order valence-corrected chi connectivity index (χ3v) is 2.98. The third-order valence-electron chi connectivity index (χ3n) is 2.98. The molecule has 0 saturated heterocycles. The molecule has 0 fully saturated rings. The van der Waals surface area contributed by atoms with Gasteiger partial charge in [-0.15, -0.1) is 0 Å². The highest BCUT2D eigenvalue weighted by Crippen LogP contribution is 2.33. The van der Waals surface area contributed by atoms with Crippen molar-refractivity contribution in [1.29, 1.82) is 0 Å². The van der Waals surface area contributed by atoms with E-state index < -0.39 is 0 Å². The molecule has 0 radical (unpaired) electrons. The van der Waals surface area contributed by atoms with Crippen LogP contribution in [-0.2, 0) is 0 Å². The van der Waals surface area contributed by atoms with Gasteiger partial charge in [0.05, 0.1) is 25.0 Å². The summed E-state index contributed by atoms with van der Waals surface area (Å²) in [4.78, 5) is 8.35. The van der Waals surface area contributed by atoms with Gasteiger partial charge < -0.3 is 19.9 Å². The number of anilines is 1. The average Bonchev–Trinajstić information content (AvgIpc) is 2.89. The van der Waals surface area contributed by atoms with Crippen molar-refractivity contribution in [1.82, 2.24) is 9.97 Å². The monoisotopic (exact) mass is 273 g/mol. The molecule has 1 aromatic heterocycles. The first-order chi connectivity index (χ1) is 9.86. The van der Waals surface area contributed by atoms with Gasteiger partial charge in [0.25, 0.3) is 0 Å². The summed E-state index contributed by atoms with van der Waals surface area (Å²) in [5.41, 5.74) is 1.11. The van der Waals surface area contributed by atoms with Gasteiger partial charge in [-0.2, -0.15) is 4.98 Å². The van der Waals surface area contributed by atoms with Crippen LogP contribution in [0.15, 0.2) is 36.7 Å². The first-order valence-corrected chi connectivity index (χ1v) is 6.41. The van der Waals surface area contributed by atoms with Crippen molar-refractivity contribution < 1.29 is 14.6 Å². The third kappa shape index (κ3) is 2.65. The Balaban J connectivity index is 1.72. The summed E-state index contributed by atoms with van der Waals surface area (Å²) in [7, 11) is 0. The Labute approximate surface area is 116 Å². The van der Waals surface area contributed by atoms with E-state index in [1.807, 2.05) is 24.3 Å². The van der Waals surface area contributed by atoms with Crippen molar-refractivity contribution in [2.45, 2.75) is 6.04 Å². The van der Waals surface area contributed by atoms with Crippen LogP contribution in [0.2, 0.25) is 0 Å². The van der Waals surface area contributed by atoms with Crippen molar-refractivity contribution >= 4 is 5.82 Å². The maximum absolute atomic E-state index is 8.73. The van der Waals surface area contributed by atoms with E-state index in [9.17, 15) is 0 Å². The first-order valence-electron chi connectivity index (χ1n) is 6.41. The molecule has 1 aliphatic heterocycles. The molecule has 0 saturated carbocycles. The van der Waals surface area contributed by atoms with Crippen molar-refractivity contribution in [3.8, 4) is 11.6 Å². The van der Waals surface area contributed by atoms with Crippen LogP contribution in [0.1, 0.15) is 11.6 Å². The van der Waals surface area contributed by atoms with Crippen LogP contribution >= 0.6 is 0 Å². The van der Waals surface area contributed by atoms with Gasteiger partial charge in [0.1, 0.15) is 24.8 Å². The standard InChI is InChI=1S/C14H15N3O3/c18-5-6-19-14-8-15-7-13(17-14)16-11-9-20-12-4-2-1-3-10(11)12/h1-4,7-8,11,18H,5-6,9H2,(H,16,17). The largest absolute Gasteiger partial charge is 0.491 e. The van der Waals surface area contributed by atoms with Gasteiger partial charge in [-0.1, -0.05) is 18.2 Å². The fraction of sp³-hybridized carbons (Fsp3) is 0.286. The van der Waals surface area contributed by atoms with Crippen LogP contribution in [0.25, 0.3) is 0 Å². The van der Waals surface area contributed by atoms with Crippen molar-refractivity contribution in [3.05, 3.63) is 42.2 Å². The zero-order valence-electron chi connectivity index (χ0n) is 10.8. The Hall–Kier alpha value is -2.34. The fourth-order valence-corrected chi connectivity index (χ4v) is 2.10. The summed E-state index contributed by atoms with van der Waals surface area (Å²) in [5, 5.41) is 12.0. The van der Waals surface area contributed by atoms with E-state index in [0.29, 0.717) is 18.3 Å². The number of hydrogen-bond acceptors (Lipinski definition) is 6. The number of aliphatic hydroxyl groups is 1. The van der Waals surface area contributed by atoms with Crippen molar-refractivity contribution in [2.24, 2.45) is 0 Å². The van der Waals surface area contributed by atoms with Gasteiger partial charge in [-0.05, 0) is 6.07 Å². The minimum absolute atomic E-state index is 0.0496. The molecule has 6 nitrogen and oxygen atoms in total. The van der Waals surface area contributed by atoms with Crippen LogP contribution in [0, 0.1) is 0 Å². The Morgan fingerprint density at radius 2 is 2.25 bits per heavy atom. The molecule has 104 valence electrons. The summed E-state index contributed by atoms with van der Waals surface area (Å²) < 4.78 is 10.8. The van der Waals surface area contributed by atoms with Crippen LogP contribution in [0.5, 0.6) is 11.6 Å². The molecular weight excluding hydrogens is 258 g/mol. The smallest absolute Gasteiger partial charge is 0.234 e. The fourth-order valence-electron chi connectivity index (χ4n) is 2.10. The molecule has 2 aromatic rings. The number of aromatic nitrogens is 2. The quantitative estimate of drug-likeness (QED) is 0.857. The molecule has 2 heterocycles. The zero-order chi connectivity index (χ0) is 13.8. The molecule has 1 unspecified atom stereocenters. The predicted octanol–water partition coefficient (Wildman–Crippen LogP) is 1.39. The summed E-state index contributed by atoms with van der Waals surface area (Å²) in [6.07, 6.45) is 3.15. The molecule has 2 N–H and O–H groups in total. The van der Waals surface area contributed by atoms with Gasteiger partial charge in [0.2, 0.25) is 5.88 Å². The van der Waals surface area contributed by atoms with E-state index in [1.54, 1.807) is 6.20 Å². The lowest BCUT2D eigenvalue weighted by Gasteiger charge is -2.12. The summed E-state index contributed by atoms with van der Waals surface area (Å²) >= 11 is 0. The lowest BCUT2D eigenvalue weighted by Crippen LogP contribution is -2.13. The highest BCUT2D eigenvalue weighted by atomic mass is 16.5.